The van der Waals surface area contributed by atoms with Crippen LogP contribution in [0.4, 0.5) is 0 Å². The third kappa shape index (κ3) is 3.79. The zero-order valence-electron chi connectivity index (χ0n) is 21.0. The second kappa shape index (κ2) is 8.75. The predicted octanol–water partition coefficient (Wildman–Crippen LogP) is 6.36. The summed E-state index contributed by atoms with van der Waals surface area (Å²) in [4.78, 5) is 14.9. The summed E-state index contributed by atoms with van der Waals surface area (Å²) in [6.07, 6.45) is 17.8. The lowest BCUT2D eigenvalue weighted by Gasteiger charge is -2.58. The smallest absolute Gasteiger partial charge is 0.222 e. The molecule has 0 bridgehead atoms. The zero-order chi connectivity index (χ0) is 22.5. The summed E-state index contributed by atoms with van der Waals surface area (Å²) in [5.41, 5.74) is 2.39. The molecule has 0 aromatic carbocycles. The van der Waals surface area contributed by atoms with Gasteiger partial charge in [-0.2, -0.15) is 0 Å². The molecule has 1 N–H and O–H groups in total. The molecule has 4 fully saturated rings. The maximum absolute atomic E-state index is 12.8. The first kappa shape index (κ1) is 22.9. The molecule has 1 aliphatic heterocycles. The minimum absolute atomic E-state index is 0.107. The number of amides is 1. The highest BCUT2D eigenvalue weighted by Gasteiger charge is 2.59. The lowest BCUT2D eigenvalue weighted by molar-refractivity contribution is -0.132. The molecule has 8 atom stereocenters. The van der Waals surface area contributed by atoms with Crippen molar-refractivity contribution in [3.8, 4) is 0 Å². The van der Waals surface area contributed by atoms with E-state index in [0.717, 1.165) is 62.4 Å². The summed E-state index contributed by atoms with van der Waals surface area (Å²) in [5.74, 6) is 4.37. The Balaban J connectivity index is 1.25. The molecule has 5 rings (SSSR count). The van der Waals surface area contributed by atoms with Crippen molar-refractivity contribution in [3.05, 3.63) is 11.6 Å². The Morgan fingerprint density at radius 3 is 2.66 bits per heavy atom. The molecule has 180 valence electrons. The van der Waals surface area contributed by atoms with E-state index in [-0.39, 0.29) is 6.10 Å². The molecule has 0 radical (unpaired) electrons. The quantitative estimate of drug-likeness (QED) is 0.516. The first-order valence-corrected chi connectivity index (χ1v) is 14.0. The lowest BCUT2D eigenvalue weighted by Crippen LogP contribution is -2.50. The van der Waals surface area contributed by atoms with Crippen LogP contribution in [0.5, 0.6) is 0 Å². The molecule has 0 aromatic rings. The van der Waals surface area contributed by atoms with E-state index >= 15 is 0 Å². The average Bonchev–Trinajstić information content (AvgIpc) is 3.15. The van der Waals surface area contributed by atoms with E-state index in [1.807, 2.05) is 0 Å². The molecular formula is C29H47NO2. The van der Waals surface area contributed by atoms with Crippen LogP contribution in [0.25, 0.3) is 0 Å². The lowest BCUT2D eigenvalue weighted by atomic mass is 9.47. The Bertz CT molecular complexity index is 739. The Morgan fingerprint density at radius 1 is 1.09 bits per heavy atom. The van der Waals surface area contributed by atoms with Gasteiger partial charge in [0.15, 0.2) is 0 Å². The highest BCUT2D eigenvalue weighted by molar-refractivity contribution is 5.76. The van der Waals surface area contributed by atoms with Crippen LogP contribution in [0.3, 0.4) is 0 Å². The van der Waals surface area contributed by atoms with Gasteiger partial charge in [-0.3, -0.25) is 4.79 Å². The predicted molar refractivity (Wildman–Crippen MR) is 130 cm³/mol. The number of allylic oxidation sites excluding steroid dienone is 1. The van der Waals surface area contributed by atoms with Crippen LogP contribution in [0, 0.1) is 40.4 Å². The topological polar surface area (TPSA) is 40.5 Å². The van der Waals surface area contributed by atoms with Gasteiger partial charge >= 0.3 is 0 Å². The first-order valence-electron chi connectivity index (χ1n) is 14.0. The molecule has 3 nitrogen and oxygen atoms in total. The normalized spacial score (nSPS) is 44.8. The van der Waals surface area contributed by atoms with E-state index in [9.17, 15) is 9.90 Å². The first-order chi connectivity index (χ1) is 15.3. The summed E-state index contributed by atoms with van der Waals surface area (Å²) < 4.78 is 0. The number of carbonyl (C=O) groups excluding carboxylic acids is 1. The largest absolute Gasteiger partial charge is 0.393 e. The molecular weight excluding hydrogens is 394 g/mol. The van der Waals surface area contributed by atoms with Crippen molar-refractivity contribution in [3.63, 3.8) is 0 Å². The second-order valence-electron chi connectivity index (χ2n) is 12.8. The zero-order valence-corrected chi connectivity index (χ0v) is 21.0. The third-order valence-corrected chi connectivity index (χ3v) is 11.4. The van der Waals surface area contributed by atoms with Gasteiger partial charge in [0, 0.05) is 19.5 Å². The number of carbonyl (C=O) groups is 1. The monoisotopic (exact) mass is 441 g/mol. The van der Waals surface area contributed by atoms with Crippen LogP contribution in [0.1, 0.15) is 104 Å². The summed E-state index contributed by atoms with van der Waals surface area (Å²) in [7, 11) is 0. The maximum Gasteiger partial charge on any atom is 0.222 e. The van der Waals surface area contributed by atoms with Crippen LogP contribution in [-0.2, 0) is 4.79 Å². The van der Waals surface area contributed by atoms with Gasteiger partial charge in [0.05, 0.1) is 6.10 Å². The molecule has 3 heteroatoms. The van der Waals surface area contributed by atoms with Crippen molar-refractivity contribution in [2.75, 3.05) is 13.1 Å². The third-order valence-electron chi connectivity index (χ3n) is 11.4. The van der Waals surface area contributed by atoms with Gasteiger partial charge in [-0.05, 0) is 117 Å². The van der Waals surface area contributed by atoms with Crippen molar-refractivity contribution < 1.29 is 9.90 Å². The fourth-order valence-electron chi connectivity index (χ4n) is 9.47. The molecule has 4 aliphatic carbocycles. The molecule has 3 saturated carbocycles. The highest BCUT2D eigenvalue weighted by atomic mass is 16.3. The van der Waals surface area contributed by atoms with E-state index in [0.29, 0.717) is 22.7 Å². The van der Waals surface area contributed by atoms with Gasteiger partial charge in [-0.25, -0.2) is 0 Å². The van der Waals surface area contributed by atoms with E-state index in [2.05, 4.69) is 31.7 Å². The second-order valence-corrected chi connectivity index (χ2v) is 12.8. The average molecular weight is 442 g/mol. The molecule has 32 heavy (non-hydrogen) atoms. The molecule has 0 spiro atoms. The number of nitrogens with zero attached hydrogens (tertiary/aromatic N) is 1. The van der Waals surface area contributed by atoms with E-state index in [4.69, 9.17) is 0 Å². The van der Waals surface area contributed by atoms with Gasteiger partial charge < -0.3 is 10.0 Å². The number of rotatable bonds is 4. The fourth-order valence-corrected chi connectivity index (χ4v) is 9.47. The van der Waals surface area contributed by atoms with Gasteiger partial charge in [0.1, 0.15) is 0 Å². The number of piperidine rings is 1. The molecule has 1 saturated heterocycles. The summed E-state index contributed by atoms with van der Waals surface area (Å²) in [6.45, 7) is 9.60. The standard InChI is InChI=1S/C29H47NO2/c1-20(7-12-27(32)30-17-5-4-6-18-30)24-10-11-25-23-9-8-21-19-22(31)13-15-28(21,2)26(23)14-16-29(24,25)3/h8,20,22-26,31H,4-7,9-19H2,1-3H3/t20-,22+,23?,24-,25+,26+,28+,29-/m1/s1. The Hall–Kier alpha value is -0.830. The minimum Gasteiger partial charge on any atom is -0.393 e. The molecule has 1 amide bonds. The number of aliphatic hydroxyl groups excluding tert-OH is 1. The SMILES string of the molecule is C[C@H](CCC(=O)N1CCCCC1)[C@H]1CC[C@H]2C3CC=C4C[C@@H](O)CC[C@]4(C)[C@H]3CC[C@]12C. The minimum atomic E-state index is -0.107. The summed E-state index contributed by atoms with van der Waals surface area (Å²) in [5, 5.41) is 10.3. The van der Waals surface area contributed by atoms with E-state index < -0.39 is 0 Å². The Morgan fingerprint density at radius 2 is 1.88 bits per heavy atom. The van der Waals surface area contributed by atoms with Crippen molar-refractivity contribution in [2.45, 2.75) is 110 Å². The van der Waals surface area contributed by atoms with Crippen LogP contribution >= 0.6 is 0 Å². The fraction of sp³-hybridized carbons (Fsp3) is 0.897. The molecule has 5 aliphatic rings. The van der Waals surface area contributed by atoms with Crippen LogP contribution in [0.2, 0.25) is 0 Å². The van der Waals surface area contributed by atoms with Crippen molar-refractivity contribution >= 4 is 5.91 Å². The Kier molecular flexibility index (Phi) is 6.27. The van der Waals surface area contributed by atoms with Crippen LogP contribution in [-0.4, -0.2) is 35.1 Å². The van der Waals surface area contributed by atoms with Gasteiger partial charge in [0.2, 0.25) is 5.91 Å². The highest BCUT2D eigenvalue weighted by Crippen LogP contribution is 2.67. The summed E-state index contributed by atoms with van der Waals surface area (Å²) >= 11 is 0. The summed E-state index contributed by atoms with van der Waals surface area (Å²) in [6, 6.07) is 0. The number of hydrogen-bond acceptors (Lipinski definition) is 2. The van der Waals surface area contributed by atoms with E-state index in [1.54, 1.807) is 5.57 Å². The number of hydrogen-bond donors (Lipinski definition) is 1. The van der Waals surface area contributed by atoms with Crippen LogP contribution < -0.4 is 0 Å². The Labute approximate surface area is 196 Å². The van der Waals surface area contributed by atoms with Gasteiger partial charge in [-0.15, -0.1) is 0 Å². The van der Waals surface area contributed by atoms with E-state index in [1.165, 1.54) is 57.8 Å². The maximum atomic E-state index is 12.8. The van der Waals surface area contributed by atoms with Gasteiger partial charge in [0.25, 0.3) is 0 Å². The molecule has 1 heterocycles. The molecule has 1 unspecified atom stereocenters. The number of likely N-dealkylation sites (tertiary alicyclic amines) is 1. The van der Waals surface area contributed by atoms with Crippen molar-refractivity contribution in [1.29, 1.82) is 0 Å². The molecule has 0 aromatic heterocycles. The van der Waals surface area contributed by atoms with Crippen molar-refractivity contribution in [1.82, 2.24) is 4.90 Å². The van der Waals surface area contributed by atoms with Crippen molar-refractivity contribution in [2.24, 2.45) is 40.4 Å². The van der Waals surface area contributed by atoms with Gasteiger partial charge in [-0.1, -0.05) is 32.4 Å². The number of fused-ring (bicyclic) bond motifs is 5. The van der Waals surface area contributed by atoms with Crippen LogP contribution in [0.15, 0.2) is 11.6 Å². The number of aliphatic hydroxyl groups is 1.